The van der Waals surface area contributed by atoms with Crippen molar-refractivity contribution in [2.45, 2.75) is 32.0 Å². The summed E-state index contributed by atoms with van der Waals surface area (Å²) in [5.41, 5.74) is 2.25. The van der Waals surface area contributed by atoms with E-state index in [1.165, 1.54) is 18.4 Å². The van der Waals surface area contributed by atoms with Gasteiger partial charge in [0, 0.05) is 23.2 Å². The lowest BCUT2D eigenvalue weighted by molar-refractivity contribution is 0.221. The highest BCUT2D eigenvalue weighted by molar-refractivity contribution is 6.30. The number of nitrogens with zero attached hydrogens (tertiary/aromatic N) is 2. The summed E-state index contributed by atoms with van der Waals surface area (Å²) in [7, 11) is 1.69. The summed E-state index contributed by atoms with van der Waals surface area (Å²) in [4.78, 5) is 6.90. The van der Waals surface area contributed by atoms with Crippen molar-refractivity contribution in [3.63, 3.8) is 0 Å². The molecular weight excluding hydrogens is 348 g/mol. The monoisotopic (exact) mass is 368 g/mol. The van der Waals surface area contributed by atoms with Crippen LogP contribution in [0.3, 0.4) is 0 Å². The number of halogens is 1. The zero-order chi connectivity index (χ0) is 17.9. The van der Waals surface area contributed by atoms with Crippen LogP contribution in [0.2, 0.25) is 5.02 Å². The average molecular weight is 369 g/mol. The van der Waals surface area contributed by atoms with E-state index in [4.69, 9.17) is 20.8 Å². The van der Waals surface area contributed by atoms with Crippen LogP contribution in [0.15, 0.2) is 59.1 Å². The number of ether oxygens (including phenoxy) is 1. The number of aromatic nitrogens is 1. The maximum Gasteiger partial charge on any atom is 0.209 e. The normalized spacial score (nSPS) is 14.0. The summed E-state index contributed by atoms with van der Waals surface area (Å²) in [6, 6.07) is 16.5. The highest BCUT2D eigenvalue weighted by atomic mass is 35.5. The fourth-order valence-corrected chi connectivity index (χ4v) is 3.15. The van der Waals surface area contributed by atoms with Crippen LogP contribution in [-0.4, -0.2) is 23.0 Å². The zero-order valence-electron chi connectivity index (χ0n) is 14.7. The summed E-state index contributed by atoms with van der Waals surface area (Å²) < 4.78 is 11.2. The van der Waals surface area contributed by atoms with Crippen molar-refractivity contribution in [1.82, 2.24) is 9.88 Å². The minimum atomic E-state index is 0.614. The second-order valence-electron chi connectivity index (χ2n) is 6.61. The predicted molar refractivity (Wildman–Crippen MR) is 102 cm³/mol. The van der Waals surface area contributed by atoms with Crippen LogP contribution < -0.4 is 4.74 Å². The summed E-state index contributed by atoms with van der Waals surface area (Å²) in [5.74, 6) is 2.40. The molecule has 1 aliphatic carbocycles. The van der Waals surface area contributed by atoms with Crippen molar-refractivity contribution in [2.75, 3.05) is 7.11 Å². The van der Waals surface area contributed by atoms with E-state index in [2.05, 4.69) is 22.0 Å². The SMILES string of the molecule is COc1ccc(CN(Cc2ncc(-c3ccc(Cl)cc3)o2)C2CC2)cc1. The highest BCUT2D eigenvalue weighted by Gasteiger charge is 2.30. The van der Waals surface area contributed by atoms with Gasteiger partial charge < -0.3 is 9.15 Å². The van der Waals surface area contributed by atoms with Crippen molar-refractivity contribution in [3.05, 3.63) is 71.2 Å². The molecule has 0 bridgehead atoms. The zero-order valence-corrected chi connectivity index (χ0v) is 15.4. The molecule has 4 nitrogen and oxygen atoms in total. The van der Waals surface area contributed by atoms with E-state index >= 15 is 0 Å². The predicted octanol–water partition coefficient (Wildman–Crippen LogP) is 5.17. The van der Waals surface area contributed by atoms with Gasteiger partial charge in [0.25, 0.3) is 0 Å². The average Bonchev–Trinajstić information content (AvgIpc) is 3.42. The van der Waals surface area contributed by atoms with Crippen molar-refractivity contribution in [2.24, 2.45) is 0 Å². The Morgan fingerprint density at radius 3 is 2.46 bits per heavy atom. The van der Waals surface area contributed by atoms with Crippen LogP contribution in [0.5, 0.6) is 5.75 Å². The largest absolute Gasteiger partial charge is 0.497 e. The maximum atomic E-state index is 5.98. The Kier molecular flexibility index (Phi) is 4.96. The van der Waals surface area contributed by atoms with Gasteiger partial charge in [0.1, 0.15) is 5.75 Å². The van der Waals surface area contributed by atoms with Gasteiger partial charge in [-0.1, -0.05) is 23.7 Å². The molecule has 1 fully saturated rings. The van der Waals surface area contributed by atoms with Crippen LogP contribution >= 0.6 is 11.6 Å². The van der Waals surface area contributed by atoms with E-state index < -0.39 is 0 Å². The van der Waals surface area contributed by atoms with E-state index in [9.17, 15) is 0 Å². The van der Waals surface area contributed by atoms with E-state index in [0.29, 0.717) is 17.6 Å². The molecule has 4 rings (SSSR count). The number of methoxy groups -OCH3 is 1. The fraction of sp³-hybridized carbons (Fsp3) is 0.286. The van der Waals surface area contributed by atoms with E-state index in [-0.39, 0.29) is 0 Å². The number of hydrogen-bond acceptors (Lipinski definition) is 4. The van der Waals surface area contributed by atoms with Crippen molar-refractivity contribution in [3.8, 4) is 17.1 Å². The third-order valence-electron chi connectivity index (χ3n) is 4.63. The first kappa shape index (κ1) is 17.1. The third-order valence-corrected chi connectivity index (χ3v) is 4.88. The van der Waals surface area contributed by atoms with Gasteiger partial charge in [0.2, 0.25) is 5.89 Å². The topological polar surface area (TPSA) is 38.5 Å². The molecule has 0 amide bonds. The molecule has 0 N–H and O–H groups in total. The molecule has 0 aliphatic heterocycles. The first-order valence-corrected chi connectivity index (χ1v) is 9.17. The lowest BCUT2D eigenvalue weighted by atomic mass is 10.2. The van der Waals surface area contributed by atoms with E-state index in [0.717, 1.165) is 29.5 Å². The molecule has 0 atom stereocenters. The van der Waals surface area contributed by atoms with Gasteiger partial charge >= 0.3 is 0 Å². The number of benzene rings is 2. The van der Waals surface area contributed by atoms with Crippen LogP contribution in [0.1, 0.15) is 24.3 Å². The summed E-state index contributed by atoms with van der Waals surface area (Å²) in [6.45, 7) is 1.59. The van der Waals surface area contributed by atoms with E-state index in [1.54, 1.807) is 13.3 Å². The Balaban J connectivity index is 1.46. The Labute approximate surface area is 158 Å². The van der Waals surface area contributed by atoms with Gasteiger partial charge in [0.05, 0.1) is 19.9 Å². The molecule has 1 aromatic heterocycles. The molecule has 0 radical (unpaired) electrons. The minimum absolute atomic E-state index is 0.614. The lowest BCUT2D eigenvalue weighted by Gasteiger charge is -2.20. The van der Waals surface area contributed by atoms with Gasteiger partial charge in [-0.05, 0) is 54.8 Å². The third kappa shape index (κ3) is 4.09. The molecule has 134 valence electrons. The quantitative estimate of drug-likeness (QED) is 0.576. The van der Waals surface area contributed by atoms with Gasteiger partial charge in [-0.2, -0.15) is 0 Å². The van der Waals surface area contributed by atoms with Crippen molar-refractivity contribution in [1.29, 1.82) is 0 Å². The van der Waals surface area contributed by atoms with Gasteiger partial charge in [-0.15, -0.1) is 0 Å². The smallest absolute Gasteiger partial charge is 0.209 e. The first-order valence-electron chi connectivity index (χ1n) is 8.79. The molecule has 0 spiro atoms. The molecule has 1 aliphatic rings. The van der Waals surface area contributed by atoms with Crippen LogP contribution in [0.4, 0.5) is 0 Å². The molecule has 0 unspecified atom stereocenters. The molecule has 5 heteroatoms. The van der Waals surface area contributed by atoms with Crippen molar-refractivity contribution >= 4 is 11.6 Å². The molecule has 1 saturated carbocycles. The minimum Gasteiger partial charge on any atom is -0.497 e. The Morgan fingerprint density at radius 2 is 1.81 bits per heavy atom. The Morgan fingerprint density at radius 1 is 1.08 bits per heavy atom. The van der Waals surface area contributed by atoms with Crippen LogP contribution in [0.25, 0.3) is 11.3 Å². The Hall–Kier alpha value is -2.30. The second kappa shape index (κ2) is 7.52. The van der Waals surface area contributed by atoms with E-state index in [1.807, 2.05) is 36.4 Å². The molecule has 0 saturated heterocycles. The van der Waals surface area contributed by atoms with Gasteiger partial charge in [0.15, 0.2) is 5.76 Å². The molecule has 3 aromatic rings. The maximum absolute atomic E-state index is 5.98. The number of oxazole rings is 1. The molecular formula is C21H21ClN2O2. The highest BCUT2D eigenvalue weighted by Crippen LogP contribution is 2.31. The van der Waals surface area contributed by atoms with Crippen LogP contribution in [-0.2, 0) is 13.1 Å². The standard InChI is InChI=1S/C21H21ClN2O2/c1-25-19-10-2-15(3-11-19)13-24(18-8-9-18)14-21-23-12-20(26-21)16-4-6-17(22)7-5-16/h2-7,10-12,18H,8-9,13-14H2,1H3. The van der Waals surface area contributed by atoms with Crippen molar-refractivity contribution < 1.29 is 9.15 Å². The Bertz CT molecular complexity index is 854. The lowest BCUT2D eigenvalue weighted by Crippen LogP contribution is -2.25. The second-order valence-corrected chi connectivity index (χ2v) is 7.05. The number of hydrogen-bond donors (Lipinski definition) is 0. The molecule has 26 heavy (non-hydrogen) atoms. The fourth-order valence-electron chi connectivity index (χ4n) is 3.02. The van der Waals surface area contributed by atoms with Gasteiger partial charge in [-0.3, -0.25) is 4.90 Å². The van der Waals surface area contributed by atoms with Gasteiger partial charge in [-0.25, -0.2) is 4.98 Å². The first-order chi connectivity index (χ1) is 12.7. The summed E-state index contributed by atoms with van der Waals surface area (Å²) in [6.07, 6.45) is 4.26. The summed E-state index contributed by atoms with van der Waals surface area (Å²) in [5, 5.41) is 0.716. The molecule has 1 heterocycles. The summed E-state index contributed by atoms with van der Waals surface area (Å²) >= 11 is 5.95. The number of rotatable bonds is 7. The van der Waals surface area contributed by atoms with Crippen LogP contribution in [0, 0.1) is 0 Å². The molecule has 2 aromatic carbocycles.